The first-order chi connectivity index (χ1) is 15.7. The summed E-state index contributed by atoms with van der Waals surface area (Å²) in [4.78, 5) is 34.0. The average molecular weight is 495 g/mol. The molecule has 0 bridgehead atoms. The second-order valence-corrected chi connectivity index (χ2v) is 14.4. The topological polar surface area (TPSA) is 76.9 Å². The Morgan fingerprint density at radius 1 is 1.30 bits per heavy atom. The van der Waals surface area contributed by atoms with Crippen LogP contribution in [0.4, 0.5) is 0 Å². The number of aromatic nitrogens is 2. The lowest BCUT2D eigenvalue weighted by molar-refractivity contribution is -0.161. The van der Waals surface area contributed by atoms with Gasteiger partial charge in [-0.25, -0.2) is 9.78 Å². The van der Waals surface area contributed by atoms with Crippen molar-refractivity contribution in [1.29, 1.82) is 0 Å². The highest BCUT2D eigenvalue weighted by atomic mass is 31.0. The van der Waals surface area contributed by atoms with E-state index in [0.29, 0.717) is 12.2 Å². The van der Waals surface area contributed by atoms with E-state index in [-0.39, 0.29) is 29.9 Å². The number of carbonyl (C=O) groups is 2. The molecular weight excluding hydrogens is 455 g/mol. The van der Waals surface area contributed by atoms with Gasteiger partial charge in [-0.3, -0.25) is 4.79 Å². The van der Waals surface area contributed by atoms with Crippen molar-refractivity contribution in [1.82, 2.24) is 19.4 Å². The molecule has 0 radical (unpaired) electrons. The number of hydrogen-bond acceptors (Lipinski definition) is 6. The third-order valence-electron chi connectivity index (χ3n) is 7.71. The lowest BCUT2D eigenvalue weighted by atomic mass is 9.77. The molecule has 8 nitrogen and oxygen atoms in total. The fraction of sp³-hybridized carbons (Fsp3) is 0.696. The Morgan fingerprint density at radius 3 is 2.52 bits per heavy atom. The van der Waals surface area contributed by atoms with Crippen molar-refractivity contribution >= 4 is 29.7 Å². The van der Waals surface area contributed by atoms with Gasteiger partial charge in [-0.05, 0) is 37.7 Å². The van der Waals surface area contributed by atoms with E-state index < -0.39 is 14.3 Å². The summed E-state index contributed by atoms with van der Waals surface area (Å²) >= 11 is 0. The zero-order valence-electron chi connectivity index (χ0n) is 20.8. The molecule has 0 N–H and O–H groups in total. The quantitative estimate of drug-likeness (QED) is 0.252. The highest BCUT2D eigenvalue weighted by molar-refractivity contribution is 7.10. The summed E-state index contributed by atoms with van der Waals surface area (Å²) in [5.41, 5.74) is 1.38. The van der Waals surface area contributed by atoms with Crippen LogP contribution in [0.2, 0.25) is 18.1 Å². The molecule has 10 heteroatoms. The Hall–Kier alpha value is -1.54. The van der Waals surface area contributed by atoms with Gasteiger partial charge in [-0.2, -0.15) is 0 Å². The van der Waals surface area contributed by atoms with Gasteiger partial charge in [0.2, 0.25) is 5.91 Å². The maximum absolute atomic E-state index is 13.3. The summed E-state index contributed by atoms with van der Waals surface area (Å²) in [6.07, 6.45) is 5.34. The van der Waals surface area contributed by atoms with Crippen LogP contribution in [-0.4, -0.2) is 71.8 Å². The molecule has 5 atom stereocenters. The maximum atomic E-state index is 13.3. The minimum atomic E-state index is -1.84. The van der Waals surface area contributed by atoms with Crippen LogP contribution in [0.15, 0.2) is 30.0 Å². The molecule has 3 rings (SSSR count). The molecule has 1 aromatic heterocycles. The molecule has 0 aromatic carbocycles. The molecule has 2 aliphatic rings. The largest absolute Gasteiger partial charge is 0.447 e. The van der Waals surface area contributed by atoms with E-state index in [1.54, 1.807) is 17.4 Å². The highest BCUT2D eigenvalue weighted by Gasteiger charge is 2.60. The zero-order chi connectivity index (χ0) is 24.3. The van der Waals surface area contributed by atoms with Crippen molar-refractivity contribution in [3.63, 3.8) is 0 Å². The molecule has 1 fully saturated rings. The molecule has 1 aromatic rings. The van der Waals surface area contributed by atoms with E-state index >= 15 is 0 Å². The van der Waals surface area contributed by atoms with Crippen LogP contribution in [-0.2, 0) is 25.1 Å². The molecule has 3 heterocycles. The van der Waals surface area contributed by atoms with Crippen LogP contribution in [0.25, 0.3) is 0 Å². The third-order valence-corrected chi connectivity index (χ3v) is 12.7. The number of nitrogens with zero attached hydrogens (tertiary/aromatic N) is 4. The Balaban J connectivity index is 1.77. The molecule has 2 aliphatic heterocycles. The van der Waals surface area contributed by atoms with Crippen LogP contribution in [0.5, 0.6) is 0 Å². The number of fused-ring (bicyclic) bond motifs is 1. The Bertz CT molecular complexity index is 866. The van der Waals surface area contributed by atoms with Gasteiger partial charge in [0.1, 0.15) is 5.70 Å². The molecule has 1 amide bonds. The number of carbonyl (C=O) groups excluding carboxylic acids is 2. The predicted octanol–water partition coefficient (Wildman–Crippen LogP) is 3.29. The summed E-state index contributed by atoms with van der Waals surface area (Å²) in [6, 6.07) is 3.09. The summed E-state index contributed by atoms with van der Waals surface area (Å²) in [7, 11) is 2.22. The molecule has 0 aliphatic carbocycles. The molecule has 1 unspecified atom stereocenters. The molecule has 0 spiro atoms. The number of imidazole rings is 1. The Kier molecular flexibility index (Phi) is 8.54. The molecule has 1 saturated heterocycles. The van der Waals surface area contributed by atoms with Gasteiger partial charge in [0.25, 0.3) is 0 Å². The van der Waals surface area contributed by atoms with E-state index in [4.69, 9.17) is 8.95 Å². The van der Waals surface area contributed by atoms with E-state index in [2.05, 4.69) is 37.6 Å². The van der Waals surface area contributed by atoms with Crippen LogP contribution >= 0.6 is 9.47 Å². The number of likely N-dealkylation sites (N-methyl/N-ethyl adjacent to an activating group) is 1. The van der Waals surface area contributed by atoms with E-state index in [1.165, 1.54) is 0 Å². The smallest absolute Gasteiger partial charge is 0.357 e. The van der Waals surface area contributed by atoms with E-state index in [1.807, 2.05) is 34.2 Å². The number of β-lactam (4-membered cyclic amide) rings is 1. The maximum Gasteiger partial charge on any atom is 0.357 e. The van der Waals surface area contributed by atoms with Crippen molar-refractivity contribution < 1.29 is 18.5 Å². The van der Waals surface area contributed by atoms with Gasteiger partial charge >= 0.3 is 5.97 Å². The van der Waals surface area contributed by atoms with Gasteiger partial charge in [0.15, 0.2) is 8.32 Å². The fourth-order valence-electron chi connectivity index (χ4n) is 5.43. The van der Waals surface area contributed by atoms with Crippen molar-refractivity contribution in [3.8, 4) is 0 Å². The summed E-state index contributed by atoms with van der Waals surface area (Å²) in [5.74, 6) is -0.647. The van der Waals surface area contributed by atoms with Crippen LogP contribution in [0, 0.1) is 11.8 Å². The predicted molar refractivity (Wildman–Crippen MR) is 134 cm³/mol. The van der Waals surface area contributed by atoms with Gasteiger partial charge in [0.05, 0.1) is 33.9 Å². The monoisotopic (exact) mass is 494 g/mol. The van der Waals surface area contributed by atoms with Crippen molar-refractivity contribution in [3.05, 3.63) is 30.0 Å². The first kappa shape index (κ1) is 26.1. The standard InChI is InChI=1S/C23H39N4O4PSi/c1-7-33(8-2,9-3)31-17(5)19-20-16(4)18(21(23(29)30-32)27(20)22(19)28)14-25(6)12-13-26-11-10-24-15-26/h10-11,15-17,19-20H,7-9,12-14,32H2,1-6H3/t16-,17+,19+,20+/m0/s1. The fourth-order valence-corrected chi connectivity index (χ4v) is 8.47. The van der Waals surface area contributed by atoms with Crippen LogP contribution < -0.4 is 0 Å². The van der Waals surface area contributed by atoms with Gasteiger partial charge < -0.3 is 23.3 Å². The Labute approximate surface area is 201 Å². The third kappa shape index (κ3) is 4.97. The highest BCUT2D eigenvalue weighted by Crippen LogP contribution is 2.48. The normalized spacial score (nSPS) is 23.7. The van der Waals surface area contributed by atoms with Crippen molar-refractivity contribution in [2.75, 3.05) is 20.1 Å². The van der Waals surface area contributed by atoms with Gasteiger partial charge in [-0.15, -0.1) is 0 Å². The summed E-state index contributed by atoms with van der Waals surface area (Å²) in [5, 5.41) is 0. The summed E-state index contributed by atoms with van der Waals surface area (Å²) in [6.45, 7) is 13.0. The van der Waals surface area contributed by atoms with Crippen LogP contribution in [0.1, 0.15) is 34.6 Å². The van der Waals surface area contributed by atoms with Gasteiger partial charge in [0, 0.05) is 37.9 Å². The molecule has 184 valence electrons. The first-order valence-corrected chi connectivity index (χ1v) is 15.0. The van der Waals surface area contributed by atoms with E-state index in [0.717, 1.165) is 36.8 Å². The average Bonchev–Trinajstić information content (AvgIpc) is 3.41. The van der Waals surface area contributed by atoms with Crippen molar-refractivity contribution in [2.24, 2.45) is 11.8 Å². The Morgan fingerprint density at radius 2 is 1.97 bits per heavy atom. The number of rotatable bonds is 12. The second kappa shape index (κ2) is 10.8. The summed E-state index contributed by atoms with van der Waals surface area (Å²) < 4.78 is 13.7. The lowest BCUT2D eigenvalue weighted by Gasteiger charge is -2.49. The molecule has 33 heavy (non-hydrogen) atoms. The lowest BCUT2D eigenvalue weighted by Crippen LogP contribution is -2.65. The minimum Gasteiger partial charge on any atom is -0.447 e. The van der Waals surface area contributed by atoms with Crippen LogP contribution in [0.3, 0.4) is 0 Å². The minimum absolute atomic E-state index is 0.0213. The zero-order valence-corrected chi connectivity index (χ0v) is 22.9. The first-order valence-electron chi connectivity index (χ1n) is 12.0. The van der Waals surface area contributed by atoms with E-state index in [9.17, 15) is 9.59 Å². The van der Waals surface area contributed by atoms with Crippen molar-refractivity contribution in [2.45, 2.75) is 71.4 Å². The SMILES string of the molecule is CC[Si](CC)(CC)O[C@H](C)[C@H]1C(=O)N2C(C(=O)OP)=C(CN(C)CCn3ccnc3)[C@H](C)[C@H]12. The second-order valence-electron chi connectivity index (χ2n) is 9.40. The van der Waals surface area contributed by atoms with Gasteiger partial charge in [-0.1, -0.05) is 27.7 Å². The molecule has 0 saturated carbocycles. The number of hydrogen-bond donors (Lipinski definition) is 0. The molecular formula is C23H39N4O4PSi. The number of amides is 1.